The molecule has 4 N–H and O–H groups in total. The summed E-state index contributed by atoms with van der Waals surface area (Å²) in [5.41, 5.74) is -0.0832. The van der Waals surface area contributed by atoms with Gasteiger partial charge < -0.3 is 25.5 Å². The van der Waals surface area contributed by atoms with Crippen molar-refractivity contribution in [3.8, 4) is 0 Å². The Balaban J connectivity index is 1.44. The van der Waals surface area contributed by atoms with E-state index in [1.54, 1.807) is 0 Å². The minimum absolute atomic E-state index is 0.111. The molecule has 0 aliphatic heterocycles. The van der Waals surface area contributed by atoms with E-state index in [9.17, 15) is 20.1 Å². The minimum Gasteiger partial charge on any atom is -0.393 e. The summed E-state index contributed by atoms with van der Waals surface area (Å²) in [5, 5.41) is 36.4. The molecule has 4 fully saturated rings. The van der Waals surface area contributed by atoms with E-state index in [1.807, 2.05) is 14.1 Å². The lowest BCUT2D eigenvalue weighted by Crippen LogP contribution is -2.62. The fourth-order valence-corrected chi connectivity index (χ4v) is 9.20. The highest BCUT2D eigenvalue weighted by molar-refractivity contribution is 5.75. The molecule has 0 aromatic heterocycles. The van der Waals surface area contributed by atoms with Crippen molar-refractivity contribution in [2.24, 2.45) is 46.3 Å². The van der Waals surface area contributed by atoms with E-state index in [1.165, 1.54) is 0 Å². The molecule has 0 radical (unpaired) electrons. The van der Waals surface area contributed by atoms with Crippen molar-refractivity contribution in [2.75, 3.05) is 27.2 Å². The summed E-state index contributed by atoms with van der Waals surface area (Å²) < 4.78 is 0. The second-order valence-corrected chi connectivity index (χ2v) is 13.2. The number of hydrogen-bond acceptors (Lipinski definition) is 5. The molecule has 0 bridgehead atoms. The maximum atomic E-state index is 12.4. The van der Waals surface area contributed by atoms with Gasteiger partial charge in [-0.15, -0.1) is 0 Å². The van der Waals surface area contributed by atoms with Crippen molar-refractivity contribution in [3.05, 3.63) is 0 Å². The van der Waals surface area contributed by atoms with Gasteiger partial charge in [0.05, 0.1) is 18.3 Å². The lowest BCUT2D eigenvalue weighted by molar-refractivity contribution is -0.207. The van der Waals surface area contributed by atoms with Gasteiger partial charge in [-0.05, 0) is 112 Å². The Bertz CT molecular complexity index is 731. The van der Waals surface area contributed by atoms with Crippen LogP contribution >= 0.6 is 0 Å². The first-order valence-corrected chi connectivity index (χ1v) is 13.9. The number of aliphatic hydroxyl groups is 3. The molecule has 0 heterocycles. The first-order chi connectivity index (χ1) is 16.0. The lowest BCUT2D eigenvalue weighted by atomic mass is 9.43. The summed E-state index contributed by atoms with van der Waals surface area (Å²) >= 11 is 0. The Morgan fingerprint density at radius 2 is 1.79 bits per heavy atom. The fourth-order valence-electron chi connectivity index (χ4n) is 9.20. The van der Waals surface area contributed by atoms with Crippen LogP contribution < -0.4 is 5.32 Å². The Morgan fingerprint density at radius 1 is 1.06 bits per heavy atom. The van der Waals surface area contributed by atoms with E-state index in [4.69, 9.17) is 0 Å². The largest absolute Gasteiger partial charge is 0.393 e. The first kappa shape index (κ1) is 26.4. The Kier molecular flexibility index (Phi) is 7.75. The highest BCUT2D eigenvalue weighted by Gasteiger charge is 2.65. The number of likely N-dealkylation sites (N-methyl/N-ethyl adjacent to an activating group) is 1. The normalized spacial score (nSPS) is 47.0. The molecule has 196 valence electrons. The van der Waals surface area contributed by atoms with Gasteiger partial charge in [0, 0.05) is 19.5 Å². The van der Waals surface area contributed by atoms with Crippen LogP contribution in [-0.4, -0.2) is 71.6 Å². The van der Waals surface area contributed by atoms with Crippen LogP contribution in [0.5, 0.6) is 0 Å². The third-order valence-electron chi connectivity index (χ3n) is 11.2. The number of amides is 1. The number of fused-ring (bicyclic) bond motifs is 5. The standard InChI is InChI=1S/C28H50N2O4/c1-17(6-9-25(34)29-12-13-30(4)5)20-7-8-21-26-22(16-24(33)28(20,21)3)27(2)11-10-19(31)14-18(27)15-23(26)32/h17-24,26,31-33H,6-16H2,1-5H3,(H,29,34)/t17-,18+,19-,20-,21+,22+,23-,24+,26+,27+,28-/m1/s1. The number of nitrogens with zero attached hydrogens (tertiary/aromatic N) is 1. The monoisotopic (exact) mass is 478 g/mol. The first-order valence-electron chi connectivity index (χ1n) is 13.9. The number of nitrogens with one attached hydrogen (secondary N) is 1. The van der Waals surface area contributed by atoms with Crippen molar-refractivity contribution in [2.45, 2.75) is 96.9 Å². The Hall–Kier alpha value is -0.690. The van der Waals surface area contributed by atoms with Gasteiger partial charge in [-0.25, -0.2) is 0 Å². The van der Waals surface area contributed by atoms with Crippen LogP contribution in [0.2, 0.25) is 0 Å². The van der Waals surface area contributed by atoms with Gasteiger partial charge in [0.2, 0.25) is 5.91 Å². The van der Waals surface area contributed by atoms with Gasteiger partial charge in [0.1, 0.15) is 0 Å². The summed E-state index contributed by atoms with van der Waals surface area (Å²) in [4.78, 5) is 14.4. The zero-order chi connectivity index (χ0) is 24.8. The Labute approximate surface area is 206 Å². The maximum absolute atomic E-state index is 12.4. The summed E-state index contributed by atoms with van der Waals surface area (Å²) in [5.74, 6) is 2.14. The molecule has 4 saturated carbocycles. The van der Waals surface area contributed by atoms with E-state index in [0.29, 0.717) is 42.6 Å². The molecule has 0 unspecified atom stereocenters. The van der Waals surface area contributed by atoms with Gasteiger partial charge in [-0.2, -0.15) is 0 Å². The molecule has 4 aliphatic carbocycles. The van der Waals surface area contributed by atoms with Crippen LogP contribution in [0.3, 0.4) is 0 Å². The number of aliphatic hydroxyl groups excluding tert-OH is 3. The van der Waals surface area contributed by atoms with Crippen molar-refractivity contribution in [1.29, 1.82) is 0 Å². The molecule has 34 heavy (non-hydrogen) atoms. The SMILES string of the molecule is C[C@H](CCC(=O)NCCN(C)C)[C@H]1CC[C@H]2[C@@H]3[C@H](O)C[C@@H]4C[C@H](O)CC[C@]4(C)[C@H]3C[C@H](O)[C@]12C. The van der Waals surface area contributed by atoms with E-state index in [2.05, 4.69) is 31.0 Å². The number of rotatable bonds is 7. The summed E-state index contributed by atoms with van der Waals surface area (Å²) in [6, 6.07) is 0. The molecule has 6 heteroatoms. The van der Waals surface area contributed by atoms with Crippen molar-refractivity contribution >= 4 is 5.91 Å². The highest BCUT2D eigenvalue weighted by atomic mass is 16.3. The molecule has 0 aromatic carbocycles. The van der Waals surface area contributed by atoms with Crippen molar-refractivity contribution < 1.29 is 20.1 Å². The van der Waals surface area contributed by atoms with Gasteiger partial charge in [-0.3, -0.25) is 4.79 Å². The lowest BCUT2D eigenvalue weighted by Gasteiger charge is -2.63. The van der Waals surface area contributed by atoms with Gasteiger partial charge in [0.15, 0.2) is 0 Å². The molecule has 4 aliphatic rings. The quantitative estimate of drug-likeness (QED) is 0.451. The molecular formula is C28H50N2O4. The van der Waals surface area contributed by atoms with Gasteiger partial charge in [-0.1, -0.05) is 20.8 Å². The third kappa shape index (κ3) is 4.57. The predicted molar refractivity (Wildman–Crippen MR) is 134 cm³/mol. The molecule has 4 rings (SSSR count). The van der Waals surface area contributed by atoms with Crippen LogP contribution in [-0.2, 0) is 4.79 Å². The summed E-state index contributed by atoms with van der Waals surface area (Å²) in [6.45, 7) is 8.46. The maximum Gasteiger partial charge on any atom is 0.220 e. The predicted octanol–water partition coefficient (Wildman–Crippen LogP) is 3.04. The van der Waals surface area contributed by atoms with E-state index >= 15 is 0 Å². The molecule has 11 atom stereocenters. The molecule has 0 spiro atoms. The zero-order valence-corrected chi connectivity index (χ0v) is 22.2. The van der Waals surface area contributed by atoms with E-state index in [-0.39, 0.29) is 41.0 Å². The van der Waals surface area contributed by atoms with Crippen molar-refractivity contribution in [3.63, 3.8) is 0 Å². The number of carbonyl (C=O) groups is 1. The molecule has 0 saturated heterocycles. The zero-order valence-electron chi connectivity index (χ0n) is 22.2. The van der Waals surface area contributed by atoms with Crippen LogP contribution in [0.4, 0.5) is 0 Å². The summed E-state index contributed by atoms with van der Waals surface area (Å²) in [6.07, 6.45) is 6.82. The molecule has 0 aromatic rings. The minimum atomic E-state index is -0.364. The Morgan fingerprint density at radius 3 is 2.50 bits per heavy atom. The van der Waals surface area contributed by atoms with Crippen LogP contribution in [0.15, 0.2) is 0 Å². The average molecular weight is 479 g/mol. The van der Waals surface area contributed by atoms with E-state index in [0.717, 1.165) is 57.9 Å². The topological polar surface area (TPSA) is 93.0 Å². The summed E-state index contributed by atoms with van der Waals surface area (Å²) in [7, 11) is 4.01. The second kappa shape index (κ2) is 9.99. The smallest absolute Gasteiger partial charge is 0.220 e. The second-order valence-electron chi connectivity index (χ2n) is 13.2. The van der Waals surface area contributed by atoms with Crippen LogP contribution in [0.25, 0.3) is 0 Å². The molecular weight excluding hydrogens is 428 g/mol. The average Bonchev–Trinajstić information content (AvgIpc) is 3.12. The van der Waals surface area contributed by atoms with E-state index < -0.39 is 0 Å². The van der Waals surface area contributed by atoms with Crippen molar-refractivity contribution in [1.82, 2.24) is 10.2 Å². The fraction of sp³-hybridized carbons (Fsp3) is 0.964. The number of carbonyl (C=O) groups excluding carboxylic acids is 1. The van der Waals surface area contributed by atoms with Gasteiger partial charge >= 0.3 is 0 Å². The third-order valence-corrected chi connectivity index (χ3v) is 11.2. The van der Waals surface area contributed by atoms with Crippen LogP contribution in [0, 0.1) is 46.3 Å². The number of hydrogen-bond donors (Lipinski definition) is 4. The van der Waals surface area contributed by atoms with Crippen LogP contribution in [0.1, 0.15) is 78.6 Å². The molecule has 1 amide bonds. The highest BCUT2D eigenvalue weighted by Crippen LogP contribution is 2.68. The molecule has 6 nitrogen and oxygen atoms in total. The van der Waals surface area contributed by atoms with Gasteiger partial charge in [0.25, 0.3) is 0 Å².